The zero-order valence-corrected chi connectivity index (χ0v) is 14.6. The largest absolute Gasteiger partial charge is 0.353 e. The molecule has 1 heterocycles. The highest BCUT2D eigenvalue weighted by atomic mass is 79.9. The first-order chi connectivity index (χ1) is 10.5. The summed E-state index contributed by atoms with van der Waals surface area (Å²) in [5.41, 5.74) is 1.01. The lowest BCUT2D eigenvalue weighted by Gasteiger charge is -2.22. The average Bonchev–Trinajstić information content (AvgIpc) is 2.50. The molecule has 0 bridgehead atoms. The maximum absolute atomic E-state index is 13.2. The smallest absolute Gasteiger partial charge is 0.220 e. The fourth-order valence-corrected chi connectivity index (χ4v) is 3.35. The van der Waals surface area contributed by atoms with E-state index in [0.29, 0.717) is 23.2 Å². The highest BCUT2D eigenvalue weighted by molar-refractivity contribution is 9.10. The third kappa shape index (κ3) is 5.69. The molecule has 3 nitrogen and oxygen atoms in total. The van der Waals surface area contributed by atoms with Crippen LogP contribution in [0.5, 0.6) is 0 Å². The monoisotopic (exact) mass is 370 g/mol. The normalized spacial score (nSPS) is 17.2. The van der Waals surface area contributed by atoms with Crippen molar-refractivity contribution in [3.63, 3.8) is 0 Å². The zero-order chi connectivity index (χ0) is 15.9. The van der Waals surface area contributed by atoms with Crippen LogP contribution in [0.4, 0.5) is 4.39 Å². The van der Waals surface area contributed by atoms with E-state index in [1.165, 1.54) is 18.9 Å². The predicted octanol–water partition coefficient (Wildman–Crippen LogP) is 3.42. The van der Waals surface area contributed by atoms with Gasteiger partial charge in [0, 0.05) is 12.5 Å². The first-order valence-electron chi connectivity index (χ1n) is 7.98. The molecule has 0 radical (unpaired) electrons. The topological polar surface area (TPSA) is 41.1 Å². The molecule has 22 heavy (non-hydrogen) atoms. The molecule has 122 valence electrons. The second-order valence-electron chi connectivity index (χ2n) is 6.15. The summed E-state index contributed by atoms with van der Waals surface area (Å²) in [5.74, 6) is 0.532. The van der Waals surface area contributed by atoms with Crippen LogP contribution in [0.1, 0.15) is 38.2 Å². The highest BCUT2D eigenvalue weighted by Gasteiger charge is 2.15. The summed E-state index contributed by atoms with van der Waals surface area (Å²) in [4.78, 5) is 12.0. The quantitative estimate of drug-likeness (QED) is 0.805. The zero-order valence-electron chi connectivity index (χ0n) is 13.0. The van der Waals surface area contributed by atoms with Gasteiger partial charge in [-0.25, -0.2) is 4.39 Å². The van der Waals surface area contributed by atoms with E-state index in [1.54, 1.807) is 12.1 Å². The van der Waals surface area contributed by atoms with Crippen LogP contribution in [0.3, 0.4) is 0 Å². The molecular weight excluding hydrogens is 347 g/mol. The minimum atomic E-state index is -0.262. The van der Waals surface area contributed by atoms with Crippen molar-refractivity contribution in [3.8, 4) is 0 Å². The molecule has 1 aromatic rings. The van der Waals surface area contributed by atoms with E-state index in [2.05, 4.69) is 26.6 Å². The third-order valence-electron chi connectivity index (χ3n) is 4.17. The Bertz CT molecular complexity index is 503. The second-order valence-corrected chi connectivity index (χ2v) is 7.01. The summed E-state index contributed by atoms with van der Waals surface area (Å²) in [6, 6.07) is 5.04. The van der Waals surface area contributed by atoms with Gasteiger partial charge in [0.1, 0.15) is 5.82 Å². The lowest BCUT2D eigenvalue weighted by atomic mass is 9.93. The first kappa shape index (κ1) is 17.4. The fourth-order valence-electron chi connectivity index (χ4n) is 2.92. The molecule has 0 aromatic heterocycles. The van der Waals surface area contributed by atoms with Crippen molar-refractivity contribution in [2.24, 2.45) is 5.92 Å². The Morgan fingerprint density at radius 1 is 1.45 bits per heavy atom. The van der Waals surface area contributed by atoms with Crippen molar-refractivity contribution >= 4 is 21.8 Å². The van der Waals surface area contributed by atoms with Crippen LogP contribution in [0.2, 0.25) is 0 Å². The minimum Gasteiger partial charge on any atom is -0.353 e. The van der Waals surface area contributed by atoms with Gasteiger partial charge in [-0.05, 0) is 85.2 Å². The van der Waals surface area contributed by atoms with Gasteiger partial charge in [-0.15, -0.1) is 0 Å². The lowest BCUT2D eigenvalue weighted by Crippen LogP contribution is -2.35. The molecule has 1 saturated heterocycles. The fraction of sp³-hybridized carbons (Fsp3) is 0.588. The van der Waals surface area contributed by atoms with Crippen molar-refractivity contribution in [3.05, 3.63) is 34.1 Å². The number of amides is 1. The molecule has 5 heteroatoms. The number of carbonyl (C=O) groups excluding carboxylic acids is 1. The van der Waals surface area contributed by atoms with Crippen LogP contribution >= 0.6 is 15.9 Å². The van der Waals surface area contributed by atoms with Crippen LogP contribution in [-0.4, -0.2) is 25.0 Å². The van der Waals surface area contributed by atoms with Gasteiger partial charge in [0.2, 0.25) is 5.91 Å². The van der Waals surface area contributed by atoms with E-state index < -0.39 is 0 Å². The lowest BCUT2D eigenvalue weighted by molar-refractivity contribution is -0.122. The van der Waals surface area contributed by atoms with Gasteiger partial charge >= 0.3 is 0 Å². The van der Waals surface area contributed by atoms with Gasteiger partial charge in [0.15, 0.2) is 0 Å². The predicted molar refractivity (Wildman–Crippen MR) is 90.2 cm³/mol. The summed E-state index contributed by atoms with van der Waals surface area (Å²) < 4.78 is 13.7. The number of rotatable bonds is 6. The van der Waals surface area contributed by atoms with Crippen LogP contribution in [0.15, 0.2) is 22.7 Å². The van der Waals surface area contributed by atoms with Crippen molar-refractivity contribution in [1.29, 1.82) is 0 Å². The molecule has 1 fully saturated rings. The van der Waals surface area contributed by atoms with E-state index >= 15 is 0 Å². The molecule has 0 aliphatic carbocycles. The van der Waals surface area contributed by atoms with Crippen LogP contribution < -0.4 is 10.6 Å². The highest BCUT2D eigenvalue weighted by Crippen LogP contribution is 2.19. The second kappa shape index (κ2) is 8.63. The average molecular weight is 371 g/mol. The molecule has 2 N–H and O–H groups in total. The molecule has 1 amide bonds. The molecule has 1 aliphatic rings. The Morgan fingerprint density at radius 2 is 2.18 bits per heavy atom. The molecule has 1 unspecified atom stereocenters. The minimum absolute atomic E-state index is 0.0536. The van der Waals surface area contributed by atoms with Crippen LogP contribution in [0.25, 0.3) is 0 Å². The summed E-state index contributed by atoms with van der Waals surface area (Å²) >= 11 is 3.19. The van der Waals surface area contributed by atoms with E-state index in [-0.39, 0.29) is 17.8 Å². The molecular formula is C17H24BrFN2O. The van der Waals surface area contributed by atoms with E-state index in [0.717, 1.165) is 25.1 Å². The number of benzene rings is 1. The maximum atomic E-state index is 13.2. The third-order valence-corrected chi connectivity index (χ3v) is 4.78. The van der Waals surface area contributed by atoms with Crippen molar-refractivity contribution in [1.82, 2.24) is 10.6 Å². The number of hydrogen-bond acceptors (Lipinski definition) is 2. The Hall–Kier alpha value is -0.940. The first-order valence-corrected chi connectivity index (χ1v) is 8.78. The van der Waals surface area contributed by atoms with Crippen LogP contribution in [-0.2, 0) is 11.2 Å². The van der Waals surface area contributed by atoms with Crippen LogP contribution in [0, 0.1) is 11.7 Å². The number of nitrogens with one attached hydrogen (secondary N) is 2. The van der Waals surface area contributed by atoms with Crippen molar-refractivity contribution in [2.75, 3.05) is 13.1 Å². The number of carbonyl (C=O) groups is 1. The molecule has 0 saturated carbocycles. The van der Waals surface area contributed by atoms with Crippen molar-refractivity contribution < 1.29 is 9.18 Å². The number of piperidine rings is 1. The van der Waals surface area contributed by atoms with Gasteiger partial charge < -0.3 is 10.6 Å². The van der Waals surface area contributed by atoms with Crippen molar-refractivity contribution in [2.45, 2.75) is 45.1 Å². The maximum Gasteiger partial charge on any atom is 0.220 e. The summed E-state index contributed by atoms with van der Waals surface area (Å²) in [5, 5.41) is 6.38. The standard InChI is InChI=1S/C17H24BrFN2O/c1-12(10-14-2-4-16(19)15(18)11-14)21-17(22)5-3-13-6-8-20-9-7-13/h2,4,11-13,20H,3,5-10H2,1H3,(H,21,22). The van der Waals surface area contributed by atoms with Gasteiger partial charge in [0.05, 0.1) is 4.47 Å². The van der Waals surface area contributed by atoms with Gasteiger partial charge in [-0.2, -0.15) is 0 Å². The molecule has 2 rings (SSSR count). The summed E-state index contributed by atoms with van der Waals surface area (Å²) in [6.07, 6.45) is 4.63. The molecule has 1 aromatic carbocycles. The van der Waals surface area contributed by atoms with Gasteiger partial charge in [-0.3, -0.25) is 4.79 Å². The SMILES string of the molecule is CC(Cc1ccc(F)c(Br)c1)NC(=O)CCC1CCNCC1. The van der Waals surface area contributed by atoms with E-state index in [9.17, 15) is 9.18 Å². The van der Waals surface area contributed by atoms with E-state index in [4.69, 9.17) is 0 Å². The number of hydrogen-bond donors (Lipinski definition) is 2. The Balaban J connectivity index is 1.72. The molecule has 1 atom stereocenters. The Morgan fingerprint density at radius 3 is 2.86 bits per heavy atom. The molecule has 0 spiro atoms. The Labute approximate surface area is 140 Å². The Kier molecular flexibility index (Phi) is 6.83. The summed E-state index contributed by atoms with van der Waals surface area (Å²) in [7, 11) is 0. The summed E-state index contributed by atoms with van der Waals surface area (Å²) in [6.45, 7) is 4.13. The van der Waals surface area contributed by atoms with E-state index in [1.807, 2.05) is 6.92 Å². The van der Waals surface area contributed by atoms with Gasteiger partial charge in [0.25, 0.3) is 0 Å². The van der Waals surface area contributed by atoms with Gasteiger partial charge in [-0.1, -0.05) is 6.07 Å². The molecule has 1 aliphatic heterocycles. The number of halogens is 2.